The number of carbonyl (C=O) groups excluding carboxylic acids is 1. The Morgan fingerprint density at radius 2 is 1.76 bits per heavy atom. The summed E-state index contributed by atoms with van der Waals surface area (Å²) >= 11 is 0. The highest BCUT2D eigenvalue weighted by atomic mass is 16.5. The molecule has 1 aromatic rings. The fraction of sp³-hybridized carbons (Fsp3) is 0.588. The van der Waals surface area contributed by atoms with Crippen molar-refractivity contribution in [2.24, 2.45) is 0 Å². The third-order valence-electron chi connectivity index (χ3n) is 3.99. The third-order valence-corrected chi connectivity index (χ3v) is 3.99. The minimum Gasteiger partial charge on any atom is -0.494 e. The van der Waals surface area contributed by atoms with Crippen molar-refractivity contribution in [2.75, 3.05) is 39.3 Å². The number of piperazine rings is 1. The molecule has 0 bridgehead atoms. The van der Waals surface area contributed by atoms with Crippen LogP contribution in [0.25, 0.3) is 0 Å². The number of ether oxygens (including phenoxy) is 1. The van der Waals surface area contributed by atoms with E-state index in [1.807, 2.05) is 31.2 Å². The van der Waals surface area contributed by atoms with Crippen LogP contribution in [0.3, 0.4) is 0 Å². The SMILES string of the molecule is CCOc1ccc(C(=O)CN2CCN(C(C)C)CC2)cc1. The molecule has 1 aromatic carbocycles. The Balaban J connectivity index is 1.84. The molecule has 1 heterocycles. The van der Waals surface area contributed by atoms with Crippen molar-refractivity contribution >= 4 is 5.78 Å². The maximum Gasteiger partial charge on any atom is 0.176 e. The molecule has 4 nitrogen and oxygen atoms in total. The zero-order chi connectivity index (χ0) is 15.2. The van der Waals surface area contributed by atoms with Crippen LogP contribution in [0.2, 0.25) is 0 Å². The second-order valence-corrected chi connectivity index (χ2v) is 5.79. The van der Waals surface area contributed by atoms with Crippen molar-refractivity contribution in [2.45, 2.75) is 26.8 Å². The van der Waals surface area contributed by atoms with E-state index in [4.69, 9.17) is 4.74 Å². The second kappa shape index (κ2) is 7.57. The summed E-state index contributed by atoms with van der Waals surface area (Å²) in [4.78, 5) is 17.0. The highest BCUT2D eigenvalue weighted by Gasteiger charge is 2.20. The molecule has 0 spiro atoms. The molecular formula is C17H26N2O2. The van der Waals surface area contributed by atoms with Gasteiger partial charge >= 0.3 is 0 Å². The molecule has 0 amide bonds. The van der Waals surface area contributed by atoms with Gasteiger partial charge in [-0.15, -0.1) is 0 Å². The summed E-state index contributed by atoms with van der Waals surface area (Å²) in [5.41, 5.74) is 0.768. The van der Waals surface area contributed by atoms with Gasteiger partial charge in [0.1, 0.15) is 5.75 Å². The minimum absolute atomic E-state index is 0.191. The van der Waals surface area contributed by atoms with Crippen LogP contribution in [-0.2, 0) is 0 Å². The zero-order valence-corrected chi connectivity index (χ0v) is 13.3. The van der Waals surface area contributed by atoms with Gasteiger partial charge in [-0.2, -0.15) is 0 Å². The molecule has 0 aliphatic carbocycles. The molecule has 1 fully saturated rings. The van der Waals surface area contributed by atoms with Crippen LogP contribution in [-0.4, -0.2) is 61.0 Å². The first-order valence-electron chi connectivity index (χ1n) is 7.82. The quantitative estimate of drug-likeness (QED) is 0.753. The number of rotatable bonds is 6. The van der Waals surface area contributed by atoms with E-state index in [9.17, 15) is 4.79 Å². The van der Waals surface area contributed by atoms with E-state index in [0.29, 0.717) is 19.2 Å². The van der Waals surface area contributed by atoms with Gasteiger partial charge in [0.05, 0.1) is 13.2 Å². The van der Waals surface area contributed by atoms with Crippen LogP contribution in [0.1, 0.15) is 31.1 Å². The molecule has 0 radical (unpaired) electrons. The van der Waals surface area contributed by atoms with E-state index < -0.39 is 0 Å². The summed E-state index contributed by atoms with van der Waals surface area (Å²) in [5.74, 6) is 1.01. The third kappa shape index (κ3) is 4.55. The van der Waals surface area contributed by atoms with Gasteiger partial charge in [0, 0.05) is 37.8 Å². The number of Topliss-reactive ketones (excluding diaryl/α,β-unsaturated/α-hetero) is 1. The standard InChI is InChI=1S/C17H26N2O2/c1-4-21-16-7-5-15(6-8-16)17(20)13-18-9-11-19(12-10-18)14(2)3/h5-8,14H,4,9-13H2,1-3H3. The zero-order valence-electron chi connectivity index (χ0n) is 13.3. The molecule has 2 rings (SSSR count). The molecule has 0 unspecified atom stereocenters. The average molecular weight is 290 g/mol. The molecule has 0 atom stereocenters. The predicted molar refractivity (Wildman–Crippen MR) is 85.1 cm³/mol. The second-order valence-electron chi connectivity index (χ2n) is 5.79. The van der Waals surface area contributed by atoms with Gasteiger partial charge in [0.2, 0.25) is 0 Å². The van der Waals surface area contributed by atoms with Crippen molar-refractivity contribution in [3.63, 3.8) is 0 Å². The molecule has 1 saturated heterocycles. The Morgan fingerprint density at radius 1 is 1.14 bits per heavy atom. The number of ketones is 1. The van der Waals surface area contributed by atoms with Crippen LogP contribution in [0, 0.1) is 0 Å². The van der Waals surface area contributed by atoms with E-state index in [1.165, 1.54) is 0 Å². The van der Waals surface area contributed by atoms with Crippen LogP contribution in [0.15, 0.2) is 24.3 Å². The van der Waals surface area contributed by atoms with E-state index in [0.717, 1.165) is 37.5 Å². The van der Waals surface area contributed by atoms with Crippen molar-refractivity contribution < 1.29 is 9.53 Å². The van der Waals surface area contributed by atoms with Crippen molar-refractivity contribution in [3.8, 4) is 5.75 Å². The van der Waals surface area contributed by atoms with Crippen molar-refractivity contribution in [1.82, 2.24) is 9.80 Å². The van der Waals surface area contributed by atoms with Gasteiger partial charge in [-0.3, -0.25) is 14.6 Å². The number of hydrogen-bond donors (Lipinski definition) is 0. The first-order chi connectivity index (χ1) is 10.1. The Morgan fingerprint density at radius 3 is 2.29 bits per heavy atom. The predicted octanol–water partition coefficient (Wildman–Crippen LogP) is 2.29. The maximum atomic E-state index is 12.3. The highest BCUT2D eigenvalue weighted by molar-refractivity contribution is 5.97. The lowest BCUT2D eigenvalue weighted by molar-refractivity contribution is 0.0807. The van der Waals surface area contributed by atoms with Gasteiger partial charge in [0.25, 0.3) is 0 Å². The van der Waals surface area contributed by atoms with Crippen LogP contribution in [0.5, 0.6) is 5.75 Å². The largest absolute Gasteiger partial charge is 0.494 e. The number of hydrogen-bond acceptors (Lipinski definition) is 4. The van der Waals surface area contributed by atoms with Gasteiger partial charge in [-0.25, -0.2) is 0 Å². The Kier molecular flexibility index (Phi) is 5.76. The van der Waals surface area contributed by atoms with Gasteiger partial charge in [0.15, 0.2) is 5.78 Å². The molecule has 1 aliphatic rings. The minimum atomic E-state index is 0.191. The van der Waals surface area contributed by atoms with E-state index in [2.05, 4.69) is 23.6 Å². The topological polar surface area (TPSA) is 32.8 Å². The maximum absolute atomic E-state index is 12.3. The van der Waals surface area contributed by atoms with Crippen LogP contribution in [0.4, 0.5) is 0 Å². The summed E-state index contributed by atoms with van der Waals surface area (Å²) < 4.78 is 5.40. The smallest absolute Gasteiger partial charge is 0.176 e. The molecular weight excluding hydrogens is 264 g/mol. The summed E-state index contributed by atoms with van der Waals surface area (Å²) in [6.07, 6.45) is 0. The molecule has 116 valence electrons. The van der Waals surface area contributed by atoms with Crippen LogP contribution < -0.4 is 4.74 Å². The first-order valence-corrected chi connectivity index (χ1v) is 7.82. The lowest BCUT2D eigenvalue weighted by Crippen LogP contribution is -2.50. The first kappa shape index (κ1) is 16.0. The summed E-state index contributed by atoms with van der Waals surface area (Å²) in [5, 5.41) is 0. The lowest BCUT2D eigenvalue weighted by Gasteiger charge is -2.36. The Hall–Kier alpha value is -1.39. The van der Waals surface area contributed by atoms with E-state index >= 15 is 0 Å². The van der Waals surface area contributed by atoms with Crippen molar-refractivity contribution in [1.29, 1.82) is 0 Å². The summed E-state index contributed by atoms with van der Waals surface area (Å²) in [7, 11) is 0. The Bertz CT molecular complexity index is 448. The molecule has 1 aliphatic heterocycles. The number of benzene rings is 1. The summed E-state index contributed by atoms with van der Waals surface area (Å²) in [6.45, 7) is 11.6. The van der Waals surface area contributed by atoms with E-state index in [-0.39, 0.29) is 5.78 Å². The van der Waals surface area contributed by atoms with E-state index in [1.54, 1.807) is 0 Å². The Labute approximate surface area is 127 Å². The highest BCUT2D eigenvalue weighted by Crippen LogP contribution is 2.13. The fourth-order valence-corrected chi connectivity index (χ4v) is 2.64. The molecule has 21 heavy (non-hydrogen) atoms. The lowest BCUT2D eigenvalue weighted by atomic mass is 10.1. The molecule has 0 aromatic heterocycles. The van der Waals surface area contributed by atoms with Crippen LogP contribution >= 0.6 is 0 Å². The van der Waals surface area contributed by atoms with Gasteiger partial charge < -0.3 is 4.74 Å². The monoisotopic (exact) mass is 290 g/mol. The summed E-state index contributed by atoms with van der Waals surface area (Å²) in [6, 6.07) is 8.05. The molecule has 4 heteroatoms. The molecule has 0 N–H and O–H groups in total. The fourth-order valence-electron chi connectivity index (χ4n) is 2.64. The number of nitrogens with zero attached hydrogens (tertiary/aromatic N) is 2. The average Bonchev–Trinajstić information content (AvgIpc) is 2.49. The number of carbonyl (C=O) groups is 1. The normalized spacial score (nSPS) is 17.1. The van der Waals surface area contributed by atoms with Crippen molar-refractivity contribution in [3.05, 3.63) is 29.8 Å². The molecule has 0 saturated carbocycles. The van der Waals surface area contributed by atoms with Gasteiger partial charge in [-0.1, -0.05) is 0 Å². The van der Waals surface area contributed by atoms with Gasteiger partial charge in [-0.05, 0) is 45.0 Å².